The van der Waals surface area contributed by atoms with Crippen LogP contribution in [0.3, 0.4) is 0 Å². The summed E-state index contributed by atoms with van der Waals surface area (Å²) in [7, 11) is 0. The highest BCUT2D eigenvalue weighted by atomic mass is 35.5. The molecule has 4 heteroatoms. The SMILES string of the molecule is CC(CO)C[C@H](c1cccc(Cl)c1)[C@@H](O)c1ccc(Cl)cc1. The zero-order valence-electron chi connectivity index (χ0n) is 12.4. The number of aliphatic hydroxyl groups is 2. The van der Waals surface area contributed by atoms with E-state index in [4.69, 9.17) is 23.2 Å². The molecule has 0 aromatic heterocycles. The summed E-state index contributed by atoms with van der Waals surface area (Å²) in [5.41, 5.74) is 1.77. The van der Waals surface area contributed by atoms with E-state index >= 15 is 0 Å². The van der Waals surface area contributed by atoms with Crippen LogP contribution in [-0.2, 0) is 0 Å². The second-order valence-electron chi connectivity index (χ2n) is 5.68. The summed E-state index contributed by atoms with van der Waals surface area (Å²) in [5.74, 6) is -0.0482. The monoisotopic (exact) mass is 338 g/mol. The molecule has 2 N–H and O–H groups in total. The molecule has 0 aliphatic heterocycles. The second-order valence-corrected chi connectivity index (χ2v) is 6.55. The Morgan fingerprint density at radius 1 is 0.955 bits per heavy atom. The smallest absolute Gasteiger partial charge is 0.0858 e. The molecule has 2 aromatic carbocycles. The Balaban J connectivity index is 2.32. The van der Waals surface area contributed by atoms with E-state index in [0.717, 1.165) is 11.1 Å². The van der Waals surface area contributed by atoms with E-state index < -0.39 is 6.10 Å². The first-order valence-electron chi connectivity index (χ1n) is 7.31. The van der Waals surface area contributed by atoms with Crippen LogP contribution in [0, 0.1) is 5.92 Å². The molecule has 0 bridgehead atoms. The average Bonchev–Trinajstić information content (AvgIpc) is 2.52. The van der Waals surface area contributed by atoms with Crippen LogP contribution in [0.25, 0.3) is 0 Å². The number of halogens is 2. The molecule has 22 heavy (non-hydrogen) atoms. The molecule has 118 valence electrons. The van der Waals surface area contributed by atoms with E-state index in [-0.39, 0.29) is 18.4 Å². The van der Waals surface area contributed by atoms with Gasteiger partial charge in [-0.05, 0) is 47.7 Å². The summed E-state index contributed by atoms with van der Waals surface area (Å²) in [4.78, 5) is 0. The lowest BCUT2D eigenvalue weighted by atomic mass is 9.83. The van der Waals surface area contributed by atoms with E-state index in [1.165, 1.54) is 0 Å². The van der Waals surface area contributed by atoms with Gasteiger partial charge < -0.3 is 10.2 Å². The van der Waals surface area contributed by atoms with E-state index in [1.54, 1.807) is 12.1 Å². The molecule has 0 saturated carbocycles. The minimum atomic E-state index is -0.676. The third-order valence-corrected chi connectivity index (χ3v) is 4.32. The molecule has 2 rings (SSSR count). The molecule has 0 heterocycles. The van der Waals surface area contributed by atoms with Crippen LogP contribution in [0.1, 0.15) is 36.5 Å². The maximum atomic E-state index is 10.8. The molecule has 2 nitrogen and oxygen atoms in total. The fourth-order valence-corrected chi connectivity index (χ4v) is 2.91. The summed E-state index contributed by atoms with van der Waals surface area (Å²) in [6.45, 7) is 2.05. The van der Waals surface area contributed by atoms with Crippen molar-refractivity contribution in [1.29, 1.82) is 0 Å². The summed E-state index contributed by atoms with van der Waals surface area (Å²) in [5, 5.41) is 21.4. The molecule has 1 unspecified atom stereocenters. The summed E-state index contributed by atoms with van der Waals surface area (Å²) in [6.07, 6.45) is -0.00888. The first kappa shape index (κ1) is 17.3. The number of benzene rings is 2. The van der Waals surface area contributed by atoms with Gasteiger partial charge in [0.15, 0.2) is 0 Å². The lowest BCUT2D eigenvalue weighted by Gasteiger charge is -2.26. The molecular formula is C18H20Cl2O2. The molecule has 0 aliphatic rings. The Hall–Kier alpha value is -1.06. The van der Waals surface area contributed by atoms with Crippen molar-refractivity contribution in [2.24, 2.45) is 5.92 Å². The van der Waals surface area contributed by atoms with Gasteiger partial charge in [0, 0.05) is 22.6 Å². The van der Waals surface area contributed by atoms with Crippen LogP contribution < -0.4 is 0 Å². The highest BCUT2D eigenvalue weighted by Gasteiger charge is 2.25. The molecule has 0 spiro atoms. The van der Waals surface area contributed by atoms with E-state index in [2.05, 4.69) is 0 Å². The minimum Gasteiger partial charge on any atom is -0.396 e. The Morgan fingerprint density at radius 3 is 2.23 bits per heavy atom. The quantitative estimate of drug-likeness (QED) is 0.791. The van der Waals surface area contributed by atoms with Crippen molar-refractivity contribution in [2.45, 2.75) is 25.4 Å². The van der Waals surface area contributed by atoms with Gasteiger partial charge in [-0.3, -0.25) is 0 Å². The Labute approximate surface area is 141 Å². The Kier molecular flexibility index (Phi) is 6.27. The number of aliphatic hydroxyl groups excluding tert-OH is 2. The molecule has 0 amide bonds. The van der Waals surface area contributed by atoms with Gasteiger partial charge in [0.2, 0.25) is 0 Å². The van der Waals surface area contributed by atoms with Gasteiger partial charge in [0.1, 0.15) is 0 Å². The Bertz CT molecular complexity index is 598. The van der Waals surface area contributed by atoms with E-state index in [0.29, 0.717) is 16.5 Å². The van der Waals surface area contributed by atoms with E-state index in [1.807, 2.05) is 43.3 Å². The average molecular weight is 339 g/mol. The van der Waals surface area contributed by atoms with Crippen molar-refractivity contribution in [3.8, 4) is 0 Å². The molecule has 2 aromatic rings. The number of hydrogen-bond acceptors (Lipinski definition) is 2. The fourth-order valence-electron chi connectivity index (χ4n) is 2.58. The van der Waals surface area contributed by atoms with Gasteiger partial charge in [-0.1, -0.05) is 54.4 Å². The van der Waals surface area contributed by atoms with Crippen LogP contribution in [0.15, 0.2) is 48.5 Å². The normalized spacial score (nSPS) is 15.3. The van der Waals surface area contributed by atoms with Gasteiger partial charge >= 0.3 is 0 Å². The predicted octanol–water partition coefficient (Wildman–Crippen LogP) is 4.83. The van der Waals surface area contributed by atoms with Crippen molar-refractivity contribution in [3.63, 3.8) is 0 Å². The first-order chi connectivity index (χ1) is 10.5. The number of hydrogen-bond donors (Lipinski definition) is 2. The van der Waals surface area contributed by atoms with Gasteiger partial charge in [-0.25, -0.2) is 0 Å². The maximum absolute atomic E-state index is 10.8. The zero-order chi connectivity index (χ0) is 16.1. The molecular weight excluding hydrogens is 319 g/mol. The summed E-state index contributed by atoms with van der Waals surface area (Å²) in [6, 6.07) is 14.7. The van der Waals surface area contributed by atoms with Crippen molar-refractivity contribution in [3.05, 3.63) is 69.7 Å². The largest absolute Gasteiger partial charge is 0.396 e. The minimum absolute atomic E-state index is 0.0877. The van der Waals surface area contributed by atoms with Gasteiger partial charge in [0.25, 0.3) is 0 Å². The Morgan fingerprint density at radius 2 is 1.64 bits per heavy atom. The summed E-state index contributed by atoms with van der Waals surface area (Å²) >= 11 is 12.0. The van der Waals surface area contributed by atoms with Crippen molar-refractivity contribution in [1.82, 2.24) is 0 Å². The predicted molar refractivity (Wildman–Crippen MR) is 91.5 cm³/mol. The van der Waals surface area contributed by atoms with Gasteiger partial charge in [-0.15, -0.1) is 0 Å². The van der Waals surface area contributed by atoms with Crippen LogP contribution in [0.4, 0.5) is 0 Å². The van der Waals surface area contributed by atoms with Crippen LogP contribution >= 0.6 is 23.2 Å². The van der Waals surface area contributed by atoms with Crippen molar-refractivity contribution < 1.29 is 10.2 Å². The standard InChI is InChI=1S/C18H20Cl2O2/c1-12(11-21)9-17(14-3-2-4-16(20)10-14)18(22)13-5-7-15(19)8-6-13/h2-8,10,12,17-18,21-22H,9,11H2,1H3/t12?,17-,18+/m1/s1. The van der Waals surface area contributed by atoms with E-state index in [9.17, 15) is 10.2 Å². The van der Waals surface area contributed by atoms with Crippen LogP contribution in [-0.4, -0.2) is 16.8 Å². The summed E-state index contributed by atoms with van der Waals surface area (Å²) < 4.78 is 0. The third kappa shape index (κ3) is 4.47. The topological polar surface area (TPSA) is 40.5 Å². The van der Waals surface area contributed by atoms with Crippen molar-refractivity contribution >= 4 is 23.2 Å². The molecule has 3 atom stereocenters. The first-order valence-corrected chi connectivity index (χ1v) is 8.06. The highest BCUT2D eigenvalue weighted by Crippen LogP contribution is 2.37. The third-order valence-electron chi connectivity index (χ3n) is 3.84. The van der Waals surface area contributed by atoms with Gasteiger partial charge in [-0.2, -0.15) is 0 Å². The molecule has 0 fully saturated rings. The van der Waals surface area contributed by atoms with Gasteiger partial charge in [0.05, 0.1) is 6.10 Å². The lowest BCUT2D eigenvalue weighted by molar-refractivity contribution is 0.121. The zero-order valence-corrected chi connectivity index (χ0v) is 13.9. The molecule has 0 radical (unpaired) electrons. The maximum Gasteiger partial charge on any atom is 0.0858 e. The number of rotatable bonds is 6. The van der Waals surface area contributed by atoms with Crippen LogP contribution in [0.2, 0.25) is 10.0 Å². The second kappa shape index (κ2) is 7.98. The molecule has 0 aliphatic carbocycles. The van der Waals surface area contributed by atoms with Crippen LogP contribution in [0.5, 0.6) is 0 Å². The lowest BCUT2D eigenvalue weighted by Crippen LogP contribution is -2.16. The fraction of sp³-hybridized carbons (Fsp3) is 0.333. The highest BCUT2D eigenvalue weighted by molar-refractivity contribution is 6.30. The van der Waals surface area contributed by atoms with Crippen molar-refractivity contribution in [2.75, 3.05) is 6.61 Å². The molecule has 0 saturated heterocycles.